The van der Waals surface area contributed by atoms with Crippen LogP contribution in [0.25, 0.3) is 6.08 Å². The number of benzene rings is 2. The van der Waals surface area contributed by atoms with Gasteiger partial charge >= 0.3 is 0 Å². The van der Waals surface area contributed by atoms with Crippen molar-refractivity contribution in [2.75, 3.05) is 12.4 Å². The second kappa shape index (κ2) is 7.87. The van der Waals surface area contributed by atoms with Gasteiger partial charge < -0.3 is 15.4 Å². The van der Waals surface area contributed by atoms with Crippen LogP contribution in [0.3, 0.4) is 0 Å². The molecule has 0 aromatic heterocycles. The van der Waals surface area contributed by atoms with E-state index in [-0.39, 0.29) is 11.8 Å². The van der Waals surface area contributed by atoms with Gasteiger partial charge in [-0.15, -0.1) is 0 Å². The highest BCUT2D eigenvalue weighted by Crippen LogP contribution is 2.21. The summed E-state index contributed by atoms with van der Waals surface area (Å²) in [7, 11) is 1.60. The molecule has 1 fully saturated rings. The van der Waals surface area contributed by atoms with Gasteiger partial charge in [-0.05, 0) is 56.2 Å². The van der Waals surface area contributed by atoms with E-state index >= 15 is 0 Å². The zero-order valence-electron chi connectivity index (χ0n) is 14.9. The number of ether oxygens (including phenoxy) is 1. The Morgan fingerprint density at radius 3 is 2.69 bits per heavy atom. The highest BCUT2D eigenvalue weighted by molar-refractivity contribution is 6.03. The molecule has 1 aliphatic rings. The van der Waals surface area contributed by atoms with Crippen LogP contribution in [0.4, 0.5) is 5.69 Å². The van der Waals surface area contributed by atoms with Gasteiger partial charge in [-0.1, -0.05) is 17.7 Å². The van der Waals surface area contributed by atoms with E-state index in [1.807, 2.05) is 25.1 Å². The fraction of sp³-hybridized carbons (Fsp3) is 0.238. The summed E-state index contributed by atoms with van der Waals surface area (Å²) in [5, 5.41) is 5.72. The molecule has 0 saturated heterocycles. The second-order valence-corrected chi connectivity index (χ2v) is 6.40. The molecule has 2 amide bonds. The summed E-state index contributed by atoms with van der Waals surface area (Å²) >= 11 is 0. The largest absolute Gasteiger partial charge is 0.496 e. The van der Waals surface area contributed by atoms with E-state index in [2.05, 4.69) is 10.6 Å². The molecule has 2 N–H and O–H groups in total. The first-order valence-corrected chi connectivity index (χ1v) is 8.60. The van der Waals surface area contributed by atoms with Gasteiger partial charge in [0.2, 0.25) is 5.91 Å². The standard InChI is InChI=1S/C21H22N2O3/c1-14-6-10-19(26-2)15(12-14)7-11-20(24)22-18-5-3-4-16(13-18)21(25)23-17-8-9-17/h3-7,10-13,17H,8-9H2,1-2H3,(H,22,24)(H,23,25)/b11-7+. The predicted octanol–water partition coefficient (Wildman–Crippen LogP) is 3.55. The van der Waals surface area contributed by atoms with E-state index < -0.39 is 0 Å². The van der Waals surface area contributed by atoms with E-state index in [0.29, 0.717) is 23.0 Å². The topological polar surface area (TPSA) is 67.4 Å². The molecular formula is C21H22N2O3. The van der Waals surface area contributed by atoms with Crippen LogP contribution in [0.1, 0.15) is 34.3 Å². The first-order valence-electron chi connectivity index (χ1n) is 8.60. The third-order valence-corrected chi connectivity index (χ3v) is 4.10. The van der Waals surface area contributed by atoms with Crippen molar-refractivity contribution in [3.05, 3.63) is 65.2 Å². The SMILES string of the molecule is COc1ccc(C)cc1/C=C/C(=O)Nc1cccc(C(=O)NC2CC2)c1. The van der Waals surface area contributed by atoms with Crippen molar-refractivity contribution >= 4 is 23.6 Å². The monoisotopic (exact) mass is 350 g/mol. The Morgan fingerprint density at radius 1 is 1.15 bits per heavy atom. The molecule has 0 bridgehead atoms. The van der Waals surface area contributed by atoms with Crippen molar-refractivity contribution < 1.29 is 14.3 Å². The number of carbonyl (C=O) groups is 2. The number of amides is 2. The highest BCUT2D eigenvalue weighted by atomic mass is 16.5. The number of hydrogen-bond acceptors (Lipinski definition) is 3. The number of anilines is 1. The van der Waals surface area contributed by atoms with Crippen molar-refractivity contribution in [2.24, 2.45) is 0 Å². The molecule has 5 nitrogen and oxygen atoms in total. The Labute approximate surface area is 153 Å². The van der Waals surface area contributed by atoms with Crippen LogP contribution in [0.5, 0.6) is 5.75 Å². The first-order chi connectivity index (χ1) is 12.5. The molecule has 1 saturated carbocycles. The van der Waals surface area contributed by atoms with Gasteiger partial charge in [0.1, 0.15) is 5.75 Å². The fourth-order valence-corrected chi connectivity index (χ4v) is 2.57. The zero-order valence-corrected chi connectivity index (χ0v) is 14.9. The molecule has 26 heavy (non-hydrogen) atoms. The summed E-state index contributed by atoms with van der Waals surface area (Å²) in [6.45, 7) is 1.98. The second-order valence-electron chi connectivity index (χ2n) is 6.40. The van der Waals surface area contributed by atoms with Crippen LogP contribution >= 0.6 is 0 Å². The third-order valence-electron chi connectivity index (χ3n) is 4.10. The summed E-state index contributed by atoms with van der Waals surface area (Å²) in [4.78, 5) is 24.3. The molecule has 5 heteroatoms. The average molecular weight is 350 g/mol. The van der Waals surface area contributed by atoms with Gasteiger partial charge in [-0.3, -0.25) is 9.59 Å². The lowest BCUT2D eigenvalue weighted by Crippen LogP contribution is -2.25. The molecule has 2 aromatic carbocycles. The summed E-state index contributed by atoms with van der Waals surface area (Å²) in [6.07, 6.45) is 5.24. The Hall–Kier alpha value is -3.08. The third kappa shape index (κ3) is 4.72. The van der Waals surface area contributed by atoms with Gasteiger partial charge in [-0.25, -0.2) is 0 Å². The number of carbonyl (C=O) groups excluding carboxylic acids is 2. The maximum atomic E-state index is 12.2. The minimum absolute atomic E-state index is 0.108. The number of rotatable bonds is 6. The van der Waals surface area contributed by atoms with Crippen molar-refractivity contribution in [1.82, 2.24) is 5.32 Å². The number of methoxy groups -OCH3 is 1. The molecule has 0 aliphatic heterocycles. The molecule has 2 aromatic rings. The maximum absolute atomic E-state index is 12.2. The molecule has 0 radical (unpaired) electrons. The van der Waals surface area contributed by atoms with Crippen LogP contribution in [0.15, 0.2) is 48.5 Å². The van der Waals surface area contributed by atoms with E-state index in [1.54, 1.807) is 37.5 Å². The number of hydrogen-bond donors (Lipinski definition) is 2. The lowest BCUT2D eigenvalue weighted by atomic mass is 10.1. The molecule has 0 atom stereocenters. The van der Waals surface area contributed by atoms with Crippen LogP contribution < -0.4 is 15.4 Å². The predicted molar refractivity (Wildman–Crippen MR) is 102 cm³/mol. The van der Waals surface area contributed by atoms with Crippen LogP contribution in [-0.2, 0) is 4.79 Å². The minimum atomic E-state index is -0.270. The molecule has 0 spiro atoms. The molecule has 1 aliphatic carbocycles. The summed E-state index contributed by atoms with van der Waals surface area (Å²) in [5.74, 6) is 0.329. The Kier molecular flexibility index (Phi) is 5.37. The number of nitrogens with one attached hydrogen (secondary N) is 2. The molecule has 134 valence electrons. The zero-order chi connectivity index (χ0) is 18.5. The van der Waals surface area contributed by atoms with Crippen LogP contribution in [-0.4, -0.2) is 25.0 Å². The highest BCUT2D eigenvalue weighted by Gasteiger charge is 2.23. The molecule has 0 heterocycles. The Morgan fingerprint density at radius 2 is 1.96 bits per heavy atom. The number of aryl methyl sites for hydroxylation is 1. The normalized spacial score (nSPS) is 13.5. The maximum Gasteiger partial charge on any atom is 0.251 e. The van der Waals surface area contributed by atoms with Crippen molar-refractivity contribution in [2.45, 2.75) is 25.8 Å². The minimum Gasteiger partial charge on any atom is -0.496 e. The quantitative estimate of drug-likeness (QED) is 0.783. The van der Waals surface area contributed by atoms with E-state index in [4.69, 9.17) is 4.74 Å². The summed E-state index contributed by atoms with van der Waals surface area (Å²) in [6, 6.07) is 13.0. The van der Waals surface area contributed by atoms with Gasteiger partial charge in [0.05, 0.1) is 7.11 Å². The van der Waals surface area contributed by atoms with Gasteiger partial charge in [0.15, 0.2) is 0 Å². The lowest BCUT2D eigenvalue weighted by Gasteiger charge is -2.07. The Bertz CT molecular complexity index is 854. The molecule has 3 rings (SSSR count). The summed E-state index contributed by atoms with van der Waals surface area (Å²) < 4.78 is 5.30. The smallest absolute Gasteiger partial charge is 0.251 e. The van der Waals surface area contributed by atoms with Gasteiger partial charge in [-0.2, -0.15) is 0 Å². The van der Waals surface area contributed by atoms with Crippen LogP contribution in [0, 0.1) is 6.92 Å². The van der Waals surface area contributed by atoms with E-state index in [9.17, 15) is 9.59 Å². The van der Waals surface area contributed by atoms with Gasteiger partial charge in [0, 0.05) is 28.9 Å². The molecule has 0 unspecified atom stereocenters. The summed E-state index contributed by atoms with van der Waals surface area (Å²) in [5.41, 5.74) is 3.04. The van der Waals surface area contributed by atoms with E-state index in [0.717, 1.165) is 24.0 Å². The van der Waals surface area contributed by atoms with E-state index in [1.165, 1.54) is 6.08 Å². The van der Waals surface area contributed by atoms with Crippen molar-refractivity contribution in [3.63, 3.8) is 0 Å². The molecular weight excluding hydrogens is 328 g/mol. The lowest BCUT2D eigenvalue weighted by molar-refractivity contribution is -0.111. The Balaban J connectivity index is 1.66. The fourth-order valence-electron chi connectivity index (χ4n) is 2.57. The van der Waals surface area contributed by atoms with Crippen LogP contribution in [0.2, 0.25) is 0 Å². The van der Waals surface area contributed by atoms with Gasteiger partial charge in [0.25, 0.3) is 5.91 Å². The van der Waals surface area contributed by atoms with Crippen molar-refractivity contribution in [3.8, 4) is 5.75 Å². The average Bonchev–Trinajstić information content (AvgIpc) is 3.44. The first kappa shape index (κ1) is 17.7. The van der Waals surface area contributed by atoms with Crippen molar-refractivity contribution in [1.29, 1.82) is 0 Å².